The molecule has 0 radical (unpaired) electrons. The van der Waals surface area contributed by atoms with Gasteiger partial charge in [-0.15, -0.1) is 0 Å². The number of carbonyl (C=O) groups excluding carboxylic acids is 1. The molecule has 3 aromatic rings. The summed E-state index contributed by atoms with van der Waals surface area (Å²) in [4.78, 5) is 29.0. The van der Waals surface area contributed by atoms with Crippen LogP contribution in [0.2, 0.25) is 5.02 Å². The molecule has 28 heavy (non-hydrogen) atoms. The lowest BCUT2D eigenvalue weighted by atomic mass is 9.80. The standard InChI is InChI=1S/C21H20ClN3O3/c1-12-4-2-5-15(22)17(12)20(26)25-16-6-3-11-23-19(16)18(24-25)13-7-9-14(10-8-13)21(27)28/h2-6,11,13-14H,7-10H2,1H3,(H,27,28). The van der Waals surface area contributed by atoms with E-state index in [1.807, 2.05) is 25.1 Å². The number of carboxylic acids is 1. The van der Waals surface area contributed by atoms with Crippen molar-refractivity contribution in [3.05, 3.63) is 58.4 Å². The van der Waals surface area contributed by atoms with E-state index >= 15 is 0 Å². The average molecular weight is 398 g/mol. The van der Waals surface area contributed by atoms with E-state index in [2.05, 4.69) is 10.1 Å². The predicted molar refractivity (Wildman–Crippen MR) is 106 cm³/mol. The minimum Gasteiger partial charge on any atom is -0.481 e. The second-order valence-electron chi connectivity index (χ2n) is 7.29. The fraction of sp³-hybridized carbons (Fsp3) is 0.333. The minimum absolute atomic E-state index is 0.0920. The van der Waals surface area contributed by atoms with Gasteiger partial charge in [-0.25, -0.2) is 0 Å². The van der Waals surface area contributed by atoms with E-state index in [9.17, 15) is 14.7 Å². The summed E-state index contributed by atoms with van der Waals surface area (Å²) in [6.07, 6.45) is 4.35. The van der Waals surface area contributed by atoms with Crippen LogP contribution in [0.25, 0.3) is 11.0 Å². The number of hydrogen-bond donors (Lipinski definition) is 1. The molecule has 6 nitrogen and oxygen atoms in total. The van der Waals surface area contributed by atoms with Crippen LogP contribution in [-0.2, 0) is 4.79 Å². The minimum atomic E-state index is -0.740. The van der Waals surface area contributed by atoms with Gasteiger partial charge in [-0.2, -0.15) is 9.78 Å². The van der Waals surface area contributed by atoms with Gasteiger partial charge < -0.3 is 5.11 Å². The van der Waals surface area contributed by atoms with Gasteiger partial charge in [-0.05, 0) is 56.4 Å². The SMILES string of the molecule is Cc1cccc(Cl)c1C(=O)n1nc(C2CCC(C(=O)O)CC2)c2ncccc21. The predicted octanol–water partition coefficient (Wildman–Crippen LogP) is 4.44. The number of hydrogen-bond acceptors (Lipinski definition) is 4. The second kappa shape index (κ2) is 7.36. The van der Waals surface area contributed by atoms with Crippen LogP contribution in [0.4, 0.5) is 0 Å². The van der Waals surface area contributed by atoms with Crippen molar-refractivity contribution < 1.29 is 14.7 Å². The Morgan fingerprint density at radius 3 is 2.57 bits per heavy atom. The first-order valence-electron chi connectivity index (χ1n) is 9.33. The maximum atomic E-state index is 13.2. The summed E-state index contributed by atoms with van der Waals surface area (Å²) < 4.78 is 1.38. The molecule has 0 aliphatic heterocycles. The zero-order chi connectivity index (χ0) is 19.8. The van der Waals surface area contributed by atoms with Crippen molar-refractivity contribution in [1.29, 1.82) is 0 Å². The molecule has 7 heteroatoms. The highest BCUT2D eigenvalue weighted by Crippen LogP contribution is 2.38. The summed E-state index contributed by atoms with van der Waals surface area (Å²) in [7, 11) is 0. The Morgan fingerprint density at radius 1 is 1.14 bits per heavy atom. The number of carbonyl (C=O) groups is 2. The van der Waals surface area contributed by atoms with Gasteiger partial charge >= 0.3 is 5.97 Å². The molecule has 1 N–H and O–H groups in total. The van der Waals surface area contributed by atoms with Crippen molar-refractivity contribution in [2.75, 3.05) is 0 Å². The number of carboxylic acid groups (broad SMARTS) is 1. The zero-order valence-electron chi connectivity index (χ0n) is 15.4. The molecule has 1 aliphatic rings. The molecule has 0 spiro atoms. The molecule has 4 rings (SSSR count). The molecule has 1 fully saturated rings. The highest BCUT2D eigenvalue weighted by atomic mass is 35.5. The highest BCUT2D eigenvalue weighted by Gasteiger charge is 2.31. The number of pyridine rings is 1. The zero-order valence-corrected chi connectivity index (χ0v) is 16.2. The third kappa shape index (κ3) is 3.18. The van der Waals surface area contributed by atoms with Crippen LogP contribution in [-0.4, -0.2) is 31.7 Å². The van der Waals surface area contributed by atoms with Gasteiger partial charge in [-0.1, -0.05) is 23.7 Å². The largest absolute Gasteiger partial charge is 0.481 e. The topological polar surface area (TPSA) is 85.1 Å². The van der Waals surface area contributed by atoms with E-state index in [0.29, 0.717) is 34.5 Å². The molecule has 1 aliphatic carbocycles. The van der Waals surface area contributed by atoms with E-state index in [1.54, 1.807) is 18.3 Å². The Labute approximate surface area is 167 Å². The molecule has 2 aromatic heterocycles. The Hall–Kier alpha value is -2.73. The summed E-state index contributed by atoms with van der Waals surface area (Å²) in [5, 5.41) is 14.3. The molecular weight excluding hydrogens is 378 g/mol. The molecule has 144 valence electrons. The lowest BCUT2D eigenvalue weighted by Gasteiger charge is -2.24. The van der Waals surface area contributed by atoms with Crippen molar-refractivity contribution >= 4 is 34.5 Å². The van der Waals surface area contributed by atoms with Gasteiger partial charge in [0.2, 0.25) is 0 Å². The van der Waals surface area contributed by atoms with Crippen LogP contribution >= 0.6 is 11.6 Å². The molecule has 2 heterocycles. The third-order valence-electron chi connectivity index (χ3n) is 5.56. The van der Waals surface area contributed by atoms with Crippen molar-refractivity contribution in [3.63, 3.8) is 0 Å². The number of fused-ring (bicyclic) bond motifs is 1. The van der Waals surface area contributed by atoms with Crippen molar-refractivity contribution in [3.8, 4) is 0 Å². The lowest BCUT2D eigenvalue weighted by molar-refractivity contribution is -0.142. The molecule has 0 amide bonds. The van der Waals surface area contributed by atoms with Crippen LogP contribution in [0.1, 0.15) is 53.2 Å². The van der Waals surface area contributed by atoms with E-state index in [0.717, 1.165) is 24.1 Å². The Balaban J connectivity index is 1.76. The quantitative estimate of drug-likeness (QED) is 0.706. The molecule has 0 saturated heterocycles. The molecule has 0 atom stereocenters. The van der Waals surface area contributed by atoms with Gasteiger partial charge in [0.15, 0.2) is 0 Å². The van der Waals surface area contributed by atoms with Crippen LogP contribution < -0.4 is 0 Å². The first-order valence-corrected chi connectivity index (χ1v) is 9.71. The summed E-state index contributed by atoms with van der Waals surface area (Å²) in [6, 6.07) is 8.95. The lowest BCUT2D eigenvalue weighted by Crippen LogP contribution is -2.21. The summed E-state index contributed by atoms with van der Waals surface area (Å²) in [6.45, 7) is 1.84. The van der Waals surface area contributed by atoms with E-state index in [-0.39, 0.29) is 17.7 Å². The first-order chi connectivity index (χ1) is 13.5. The van der Waals surface area contributed by atoms with E-state index < -0.39 is 5.97 Å². The van der Waals surface area contributed by atoms with Crippen LogP contribution in [0.15, 0.2) is 36.5 Å². The smallest absolute Gasteiger partial charge is 0.306 e. The molecule has 0 unspecified atom stereocenters. The average Bonchev–Trinajstić information content (AvgIpc) is 3.07. The fourth-order valence-electron chi connectivity index (χ4n) is 4.03. The van der Waals surface area contributed by atoms with Gasteiger partial charge in [0.05, 0.1) is 27.7 Å². The maximum absolute atomic E-state index is 13.2. The molecule has 1 saturated carbocycles. The number of halogens is 1. The summed E-state index contributed by atoms with van der Waals surface area (Å²) >= 11 is 6.29. The molecule has 0 bridgehead atoms. The molecular formula is C21H20ClN3O3. The Bertz CT molecular complexity index is 1050. The number of nitrogens with zero attached hydrogens (tertiary/aromatic N) is 3. The maximum Gasteiger partial charge on any atom is 0.306 e. The number of rotatable bonds is 3. The van der Waals surface area contributed by atoms with Gasteiger partial charge in [0.1, 0.15) is 5.52 Å². The second-order valence-corrected chi connectivity index (χ2v) is 7.70. The van der Waals surface area contributed by atoms with Crippen molar-refractivity contribution in [2.24, 2.45) is 5.92 Å². The number of aryl methyl sites for hydroxylation is 1. The number of aliphatic carboxylic acids is 1. The van der Waals surface area contributed by atoms with Crippen molar-refractivity contribution in [1.82, 2.24) is 14.8 Å². The van der Waals surface area contributed by atoms with Crippen molar-refractivity contribution in [2.45, 2.75) is 38.5 Å². The monoisotopic (exact) mass is 397 g/mol. The highest BCUT2D eigenvalue weighted by molar-refractivity contribution is 6.34. The van der Waals surface area contributed by atoms with Crippen LogP contribution in [0.5, 0.6) is 0 Å². The van der Waals surface area contributed by atoms with E-state index in [4.69, 9.17) is 11.6 Å². The number of aromatic nitrogens is 3. The number of benzene rings is 1. The van der Waals surface area contributed by atoms with Crippen LogP contribution in [0, 0.1) is 12.8 Å². The van der Waals surface area contributed by atoms with Gasteiger partial charge in [-0.3, -0.25) is 14.6 Å². The summed E-state index contributed by atoms with van der Waals surface area (Å²) in [5.74, 6) is -1.23. The third-order valence-corrected chi connectivity index (χ3v) is 5.87. The van der Waals surface area contributed by atoms with Gasteiger partial charge in [0.25, 0.3) is 5.91 Å². The molecule has 1 aromatic carbocycles. The van der Waals surface area contributed by atoms with Crippen LogP contribution in [0.3, 0.4) is 0 Å². The Morgan fingerprint density at radius 2 is 1.89 bits per heavy atom. The van der Waals surface area contributed by atoms with E-state index in [1.165, 1.54) is 4.68 Å². The van der Waals surface area contributed by atoms with Gasteiger partial charge in [0, 0.05) is 12.1 Å². The first kappa shape index (κ1) is 18.6. The Kier molecular flexibility index (Phi) is 4.89. The summed E-state index contributed by atoms with van der Waals surface area (Å²) in [5.41, 5.74) is 3.31. The normalized spacial score (nSPS) is 19.6. The fourth-order valence-corrected chi connectivity index (χ4v) is 4.33.